The Morgan fingerprint density at radius 3 is 2.82 bits per heavy atom. The Hall–Kier alpha value is -2.69. The number of rotatable bonds is 3. The van der Waals surface area contributed by atoms with Gasteiger partial charge in [0.15, 0.2) is 0 Å². The van der Waals surface area contributed by atoms with Crippen molar-refractivity contribution < 1.29 is 18.7 Å². The molecule has 0 spiro atoms. The third-order valence-corrected chi connectivity index (χ3v) is 3.96. The van der Waals surface area contributed by atoms with E-state index in [9.17, 15) is 4.79 Å². The summed E-state index contributed by atoms with van der Waals surface area (Å²) < 4.78 is 16.3. The van der Waals surface area contributed by atoms with Gasteiger partial charge >= 0.3 is 5.97 Å². The smallest absolute Gasteiger partial charge is 0.328 e. The van der Waals surface area contributed by atoms with Gasteiger partial charge < -0.3 is 19.2 Å². The standard InChI is InChI=1S/C17H15NO4/c1-20-16-8-11-10-4-2-3-5-14(10)22-15(11)9-13(16)18-12-6-7-21-17(12)19/h2-5,8-9,12,18H,6-7H2,1H3/t12-/m0/s1. The van der Waals surface area contributed by atoms with Crippen molar-refractivity contribution in [2.75, 3.05) is 19.0 Å². The Balaban J connectivity index is 1.83. The van der Waals surface area contributed by atoms with Crippen LogP contribution in [-0.4, -0.2) is 25.7 Å². The van der Waals surface area contributed by atoms with Crippen molar-refractivity contribution in [2.45, 2.75) is 12.5 Å². The summed E-state index contributed by atoms with van der Waals surface area (Å²) in [5.41, 5.74) is 2.32. The van der Waals surface area contributed by atoms with Gasteiger partial charge in [-0.1, -0.05) is 18.2 Å². The van der Waals surface area contributed by atoms with Gasteiger partial charge in [-0.05, 0) is 12.1 Å². The molecule has 22 heavy (non-hydrogen) atoms. The highest BCUT2D eigenvalue weighted by Crippen LogP contribution is 2.36. The third kappa shape index (κ3) is 1.97. The van der Waals surface area contributed by atoms with Crippen molar-refractivity contribution >= 4 is 33.6 Å². The second-order valence-electron chi connectivity index (χ2n) is 5.30. The van der Waals surface area contributed by atoms with Gasteiger partial charge in [-0.3, -0.25) is 0 Å². The normalized spacial score (nSPS) is 17.9. The Morgan fingerprint density at radius 1 is 1.18 bits per heavy atom. The minimum Gasteiger partial charge on any atom is -0.495 e. The highest BCUT2D eigenvalue weighted by molar-refractivity contribution is 6.06. The maximum absolute atomic E-state index is 11.6. The molecule has 3 aromatic rings. The van der Waals surface area contributed by atoms with Crippen LogP contribution < -0.4 is 10.1 Å². The van der Waals surface area contributed by atoms with Gasteiger partial charge in [0.05, 0.1) is 19.4 Å². The number of esters is 1. The number of nitrogens with one attached hydrogen (secondary N) is 1. The SMILES string of the molecule is COc1cc2c(cc1N[C@H]1CCOC1=O)oc1ccccc12. The lowest BCUT2D eigenvalue weighted by atomic mass is 10.1. The van der Waals surface area contributed by atoms with Crippen LogP contribution in [0.25, 0.3) is 21.9 Å². The molecule has 2 heterocycles. The number of ether oxygens (including phenoxy) is 2. The van der Waals surface area contributed by atoms with Crippen LogP contribution in [0.1, 0.15) is 6.42 Å². The Kier molecular flexibility index (Phi) is 2.92. The molecule has 1 N–H and O–H groups in total. The minimum atomic E-state index is -0.337. The van der Waals surface area contributed by atoms with Crippen molar-refractivity contribution in [2.24, 2.45) is 0 Å². The van der Waals surface area contributed by atoms with Crippen LogP contribution in [0.2, 0.25) is 0 Å². The molecule has 5 nitrogen and oxygen atoms in total. The van der Waals surface area contributed by atoms with Gasteiger partial charge in [-0.2, -0.15) is 0 Å². The van der Waals surface area contributed by atoms with Crippen LogP contribution in [0.5, 0.6) is 5.75 Å². The minimum absolute atomic E-state index is 0.230. The van der Waals surface area contributed by atoms with Gasteiger partial charge in [-0.25, -0.2) is 4.79 Å². The maximum atomic E-state index is 11.6. The molecule has 1 aliphatic heterocycles. The van der Waals surface area contributed by atoms with E-state index in [0.29, 0.717) is 18.8 Å². The zero-order valence-corrected chi connectivity index (χ0v) is 12.1. The predicted molar refractivity (Wildman–Crippen MR) is 83.3 cm³/mol. The molecule has 1 fully saturated rings. The van der Waals surface area contributed by atoms with E-state index in [-0.39, 0.29) is 12.0 Å². The zero-order chi connectivity index (χ0) is 15.1. The molecular formula is C17H15NO4. The van der Waals surface area contributed by atoms with Crippen molar-refractivity contribution in [3.05, 3.63) is 36.4 Å². The van der Waals surface area contributed by atoms with Gasteiger partial charge in [0.1, 0.15) is 23.0 Å². The monoisotopic (exact) mass is 297 g/mol. The van der Waals surface area contributed by atoms with Crippen molar-refractivity contribution in [1.29, 1.82) is 0 Å². The molecule has 1 aromatic heterocycles. The molecule has 1 saturated heterocycles. The van der Waals surface area contributed by atoms with Crippen molar-refractivity contribution in [3.63, 3.8) is 0 Å². The summed E-state index contributed by atoms with van der Waals surface area (Å²) in [4.78, 5) is 11.6. The number of benzene rings is 2. The average Bonchev–Trinajstić information content (AvgIpc) is 3.10. The van der Waals surface area contributed by atoms with Gasteiger partial charge in [0, 0.05) is 23.3 Å². The summed E-state index contributed by atoms with van der Waals surface area (Å²) in [7, 11) is 1.61. The van der Waals surface area contributed by atoms with E-state index in [2.05, 4.69) is 5.32 Å². The van der Waals surface area contributed by atoms with Crippen LogP contribution >= 0.6 is 0 Å². The maximum Gasteiger partial charge on any atom is 0.328 e. The summed E-state index contributed by atoms with van der Waals surface area (Å²) in [6.07, 6.45) is 0.653. The largest absolute Gasteiger partial charge is 0.495 e. The molecule has 5 heteroatoms. The first-order chi connectivity index (χ1) is 10.8. The van der Waals surface area contributed by atoms with Crippen LogP contribution in [0.3, 0.4) is 0 Å². The molecule has 2 aromatic carbocycles. The first kappa shape index (κ1) is 13.0. The number of cyclic esters (lactones) is 1. The quantitative estimate of drug-likeness (QED) is 0.751. The first-order valence-electron chi connectivity index (χ1n) is 7.19. The summed E-state index contributed by atoms with van der Waals surface area (Å²) in [6.45, 7) is 0.450. The number of hydrogen-bond acceptors (Lipinski definition) is 5. The summed E-state index contributed by atoms with van der Waals surface area (Å²) >= 11 is 0. The molecule has 1 aliphatic rings. The number of carbonyl (C=O) groups excluding carboxylic acids is 1. The fourth-order valence-electron chi connectivity index (χ4n) is 2.85. The van der Waals surface area contributed by atoms with Crippen LogP contribution in [0, 0.1) is 0 Å². The topological polar surface area (TPSA) is 60.7 Å². The zero-order valence-electron chi connectivity index (χ0n) is 12.1. The number of para-hydroxylation sites is 1. The molecule has 0 saturated carbocycles. The summed E-state index contributed by atoms with van der Waals surface area (Å²) in [5.74, 6) is 0.450. The van der Waals surface area contributed by atoms with Gasteiger partial charge in [0.2, 0.25) is 0 Å². The Bertz CT molecular complexity index is 868. The fraction of sp³-hybridized carbons (Fsp3) is 0.235. The van der Waals surface area contributed by atoms with Crippen LogP contribution in [0.4, 0.5) is 5.69 Å². The molecule has 0 aliphatic carbocycles. The van der Waals surface area contributed by atoms with Gasteiger partial charge in [0.25, 0.3) is 0 Å². The second-order valence-corrected chi connectivity index (χ2v) is 5.30. The highest BCUT2D eigenvalue weighted by atomic mass is 16.5. The molecular weight excluding hydrogens is 282 g/mol. The number of methoxy groups -OCH3 is 1. The van der Waals surface area contributed by atoms with E-state index in [1.54, 1.807) is 7.11 Å². The summed E-state index contributed by atoms with van der Waals surface area (Å²) in [6, 6.07) is 11.3. The number of anilines is 1. The van der Waals surface area contributed by atoms with Crippen molar-refractivity contribution in [1.82, 2.24) is 0 Å². The van der Waals surface area contributed by atoms with E-state index in [0.717, 1.165) is 27.6 Å². The Morgan fingerprint density at radius 2 is 2.05 bits per heavy atom. The highest BCUT2D eigenvalue weighted by Gasteiger charge is 2.27. The lowest BCUT2D eigenvalue weighted by Gasteiger charge is -2.14. The first-order valence-corrected chi connectivity index (χ1v) is 7.19. The molecule has 4 rings (SSSR count). The van der Waals surface area contributed by atoms with E-state index < -0.39 is 0 Å². The van der Waals surface area contributed by atoms with E-state index in [1.165, 1.54) is 0 Å². The molecule has 112 valence electrons. The van der Waals surface area contributed by atoms with E-state index >= 15 is 0 Å². The lowest BCUT2D eigenvalue weighted by Crippen LogP contribution is -2.24. The van der Waals surface area contributed by atoms with Crippen LogP contribution in [-0.2, 0) is 9.53 Å². The summed E-state index contributed by atoms with van der Waals surface area (Å²) in [5, 5.41) is 5.22. The Labute approximate surface area is 126 Å². The molecule has 0 amide bonds. The number of hydrogen-bond donors (Lipinski definition) is 1. The van der Waals surface area contributed by atoms with Crippen molar-refractivity contribution in [3.8, 4) is 5.75 Å². The lowest BCUT2D eigenvalue weighted by molar-refractivity contribution is -0.138. The number of carbonyl (C=O) groups is 1. The number of furan rings is 1. The second kappa shape index (κ2) is 4.94. The molecule has 0 radical (unpaired) electrons. The fourth-order valence-corrected chi connectivity index (χ4v) is 2.85. The van der Waals surface area contributed by atoms with E-state index in [4.69, 9.17) is 13.9 Å². The average molecular weight is 297 g/mol. The van der Waals surface area contributed by atoms with E-state index in [1.807, 2.05) is 36.4 Å². The predicted octanol–water partition coefficient (Wildman–Crippen LogP) is 3.32. The van der Waals surface area contributed by atoms with Crippen LogP contribution in [0.15, 0.2) is 40.8 Å². The molecule has 0 bridgehead atoms. The van der Waals surface area contributed by atoms with Gasteiger partial charge in [-0.15, -0.1) is 0 Å². The third-order valence-electron chi connectivity index (χ3n) is 3.96. The molecule has 0 unspecified atom stereocenters. The number of fused-ring (bicyclic) bond motifs is 3. The molecule has 1 atom stereocenters.